The third-order valence-corrected chi connectivity index (χ3v) is 5.98. The first-order chi connectivity index (χ1) is 15.4. The van der Waals surface area contributed by atoms with Gasteiger partial charge in [-0.05, 0) is 49.5 Å². The molecule has 8 heteroatoms. The van der Waals surface area contributed by atoms with Gasteiger partial charge in [0.1, 0.15) is 0 Å². The van der Waals surface area contributed by atoms with Crippen molar-refractivity contribution in [2.75, 3.05) is 42.9 Å². The number of carbonyl (C=O) groups is 3. The van der Waals surface area contributed by atoms with E-state index in [0.717, 1.165) is 19.6 Å². The monoisotopic (exact) mass is 456 g/mol. The maximum absolute atomic E-state index is 12.7. The van der Waals surface area contributed by atoms with Crippen LogP contribution in [0.1, 0.15) is 30.6 Å². The third-order valence-electron chi connectivity index (χ3n) is 5.66. The number of hydrogen-bond acceptors (Lipinski definition) is 4. The van der Waals surface area contributed by atoms with Gasteiger partial charge in [0.15, 0.2) is 0 Å². The summed E-state index contributed by atoms with van der Waals surface area (Å²) in [4.78, 5) is 41.2. The predicted octanol–water partition coefficient (Wildman–Crippen LogP) is 3.40. The van der Waals surface area contributed by atoms with Crippen LogP contribution >= 0.6 is 11.6 Å². The Bertz CT molecular complexity index is 960. The van der Waals surface area contributed by atoms with Gasteiger partial charge >= 0.3 is 0 Å². The Balaban J connectivity index is 1.53. The molecule has 0 aromatic heterocycles. The standard InChI is InChI=1S/C24H29ClN4O3/c1-3-28(4-2)14-13-26-23(31)17-9-11-19(12-10-17)27-24(32)18-15-22(30)29(16-18)21-8-6-5-7-20(21)25/h5-12,18H,3-4,13-16H2,1-2H3,(H,26,31)(H,27,32)/t18-/m1/s1. The summed E-state index contributed by atoms with van der Waals surface area (Å²) in [5.41, 5.74) is 1.73. The van der Waals surface area contributed by atoms with Crippen LogP contribution in [0.4, 0.5) is 11.4 Å². The molecule has 1 atom stereocenters. The van der Waals surface area contributed by atoms with Crippen molar-refractivity contribution in [1.82, 2.24) is 10.2 Å². The van der Waals surface area contributed by atoms with E-state index in [1.807, 2.05) is 6.07 Å². The molecule has 0 bridgehead atoms. The molecule has 0 aliphatic carbocycles. The maximum Gasteiger partial charge on any atom is 0.251 e. The van der Waals surface area contributed by atoms with Gasteiger partial charge in [-0.1, -0.05) is 37.6 Å². The Morgan fingerprint density at radius 3 is 2.44 bits per heavy atom. The van der Waals surface area contributed by atoms with Crippen LogP contribution in [0.3, 0.4) is 0 Å². The van der Waals surface area contributed by atoms with Crippen LogP contribution in [0.25, 0.3) is 0 Å². The van der Waals surface area contributed by atoms with Crippen molar-refractivity contribution in [3.63, 3.8) is 0 Å². The van der Waals surface area contributed by atoms with Gasteiger partial charge < -0.3 is 20.4 Å². The van der Waals surface area contributed by atoms with E-state index in [1.165, 1.54) is 0 Å². The second-order valence-electron chi connectivity index (χ2n) is 7.71. The summed E-state index contributed by atoms with van der Waals surface area (Å²) in [5, 5.41) is 6.23. The largest absolute Gasteiger partial charge is 0.351 e. The summed E-state index contributed by atoms with van der Waals surface area (Å²) in [6.45, 7) is 7.74. The minimum atomic E-state index is -0.471. The number of benzene rings is 2. The predicted molar refractivity (Wildman–Crippen MR) is 127 cm³/mol. The van der Waals surface area contributed by atoms with Crippen molar-refractivity contribution in [3.05, 3.63) is 59.1 Å². The van der Waals surface area contributed by atoms with Crippen molar-refractivity contribution in [1.29, 1.82) is 0 Å². The number of rotatable bonds is 9. The van der Waals surface area contributed by atoms with Gasteiger partial charge in [0.2, 0.25) is 11.8 Å². The number of hydrogen-bond donors (Lipinski definition) is 2. The van der Waals surface area contributed by atoms with Crippen LogP contribution in [0.5, 0.6) is 0 Å². The maximum atomic E-state index is 12.7. The highest BCUT2D eigenvalue weighted by Gasteiger charge is 2.35. The van der Waals surface area contributed by atoms with Crippen molar-refractivity contribution < 1.29 is 14.4 Å². The zero-order valence-electron chi connectivity index (χ0n) is 18.4. The average molecular weight is 457 g/mol. The normalized spacial score (nSPS) is 15.8. The number of halogens is 1. The number of para-hydroxylation sites is 1. The summed E-state index contributed by atoms with van der Waals surface area (Å²) in [7, 11) is 0. The van der Waals surface area contributed by atoms with Crippen LogP contribution < -0.4 is 15.5 Å². The Hall–Kier alpha value is -2.90. The van der Waals surface area contributed by atoms with Gasteiger partial charge in [-0.2, -0.15) is 0 Å². The molecule has 0 saturated carbocycles. The van der Waals surface area contributed by atoms with Crippen molar-refractivity contribution in [3.8, 4) is 0 Å². The Kier molecular flexibility index (Phi) is 8.25. The SMILES string of the molecule is CCN(CC)CCNC(=O)c1ccc(NC(=O)[C@@H]2CC(=O)N(c3ccccc3Cl)C2)cc1. The number of carbonyl (C=O) groups excluding carboxylic acids is 3. The molecule has 170 valence electrons. The van der Waals surface area contributed by atoms with Gasteiger partial charge in [0.05, 0.1) is 16.6 Å². The van der Waals surface area contributed by atoms with E-state index in [9.17, 15) is 14.4 Å². The van der Waals surface area contributed by atoms with E-state index in [0.29, 0.717) is 28.5 Å². The van der Waals surface area contributed by atoms with Crippen LogP contribution in [-0.2, 0) is 9.59 Å². The molecular weight excluding hydrogens is 428 g/mol. The fraction of sp³-hybridized carbons (Fsp3) is 0.375. The van der Waals surface area contributed by atoms with Crippen LogP contribution in [-0.4, -0.2) is 55.3 Å². The fourth-order valence-corrected chi connectivity index (χ4v) is 3.94. The Morgan fingerprint density at radius 1 is 1.09 bits per heavy atom. The van der Waals surface area contributed by atoms with Crippen LogP contribution in [0.15, 0.2) is 48.5 Å². The first kappa shape index (κ1) is 23.8. The molecule has 7 nitrogen and oxygen atoms in total. The van der Waals surface area contributed by atoms with E-state index in [2.05, 4.69) is 29.4 Å². The van der Waals surface area contributed by atoms with Gasteiger partial charge in [0, 0.05) is 37.3 Å². The van der Waals surface area contributed by atoms with Gasteiger partial charge in [0.25, 0.3) is 5.91 Å². The zero-order chi connectivity index (χ0) is 23.1. The summed E-state index contributed by atoms with van der Waals surface area (Å²) in [6, 6.07) is 13.8. The lowest BCUT2D eigenvalue weighted by molar-refractivity contribution is -0.122. The molecular formula is C24H29ClN4O3. The molecule has 0 spiro atoms. The fourth-order valence-electron chi connectivity index (χ4n) is 3.71. The van der Waals surface area contributed by atoms with Gasteiger partial charge in [-0.3, -0.25) is 14.4 Å². The van der Waals surface area contributed by atoms with Gasteiger partial charge in [-0.15, -0.1) is 0 Å². The highest BCUT2D eigenvalue weighted by Crippen LogP contribution is 2.31. The van der Waals surface area contributed by atoms with E-state index in [-0.39, 0.29) is 30.7 Å². The molecule has 3 rings (SSSR count). The quantitative estimate of drug-likeness (QED) is 0.606. The molecule has 1 aliphatic rings. The molecule has 1 saturated heterocycles. The molecule has 1 heterocycles. The molecule has 1 fully saturated rings. The summed E-state index contributed by atoms with van der Waals surface area (Å²) < 4.78 is 0. The average Bonchev–Trinajstić information content (AvgIpc) is 3.19. The van der Waals surface area contributed by atoms with Gasteiger partial charge in [-0.25, -0.2) is 0 Å². The molecule has 3 amide bonds. The Morgan fingerprint density at radius 2 is 1.78 bits per heavy atom. The van der Waals surface area contributed by atoms with E-state index < -0.39 is 5.92 Å². The van der Waals surface area contributed by atoms with Crippen molar-refractivity contribution >= 4 is 40.7 Å². The molecule has 2 aromatic rings. The topological polar surface area (TPSA) is 81.8 Å². The second kappa shape index (κ2) is 11.1. The van der Waals surface area contributed by atoms with Crippen molar-refractivity contribution in [2.45, 2.75) is 20.3 Å². The van der Waals surface area contributed by atoms with Crippen molar-refractivity contribution in [2.24, 2.45) is 5.92 Å². The highest BCUT2D eigenvalue weighted by atomic mass is 35.5. The highest BCUT2D eigenvalue weighted by molar-refractivity contribution is 6.33. The molecule has 2 N–H and O–H groups in total. The van der Waals surface area contributed by atoms with E-state index in [1.54, 1.807) is 47.4 Å². The second-order valence-corrected chi connectivity index (χ2v) is 8.11. The number of anilines is 2. The number of amides is 3. The number of nitrogens with one attached hydrogen (secondary N) is 2. The molecule has 0 radical (unpaired) electrons. The zero-order valence-corrected chi connectivity index (χ0v) is 19.2. The number of likely N-dealkylation sites (N-methyl/N-ethyl adjacent to an activating group) is 1. The first-order valence-corrected chi connectivity index (χ1v) is 11.3. The summed E-state index contributed by atoms with van der Waals surface area (Å²) in [5.74, 6) is -0.979. The molecule has 32 heavy (non-hydrogen) atoms. The summed E-state index contributed by atoms with van der Waals surface area (Å²) >= 11 is 6.20. The van der Waals surface area contributed by atoms with Crippen LogP contribution in [0, 0.1) is 5.92 Å². The minimum absolute atomic E-state index is 0.129. The van der Waals surface area contributed by atoms with Crippen LogP contribution in [0.2, 0.25) is 5.02 Å². The lowest BCUT2D eigenvalue weighted by Crippen LogP contribution is -2.34. The Labute approximate surface area is 193 Å². The van der Waals surface area contributed by atoms with E-state index in [4.69, 9.17) is 11.6 Å². The molecule has 1 aliphatic heterocycles. The smallest absolute Gasteiger partial charge is 0.251 e. The molecule has 0 unspecified atom stereocenters. The third kappa shape index (κ3) is 5.87. The lowest BCUT2D eigenvalue weighted by atomic mass is 10.1. The summed E-state index contributed by atoms with van der Waals surface area (Å²) in [6.07, 6.45) is 0.129. The molecule has 2 aromatic carbocycles. The first-order valence-electron chi connectivity index (χ1n) is 10.9. The number of nitrogens with zero attached hydrogens (tertiary/aromatic N) is 2. The van der Waals surface area contributed by atoms with E-state index >= 15 is 0 Å². The minimum Gasteiger partial charge on any atom is -0.351 e. The lowest BCUT2D eigenvalue weighted by Gasteiger charge is -2.18.